The molecule has 0 spiro atoms. The average molecular weight is 379 g/mol. The van der Waals surface area contributed by atoms with Crippen molar-refractivity contribution in [1.29, 1.82) is 0 Å². The van der Waals surface area contributed by atoms with E-state index >= 15 is 0 Å². The summed E-state index contributed by atoms with van der Waals surface area (Å²) in [6, 6.07) is 5.44. The van der Waals surface area contributed by atoms with Crippen LogP contribution in [0.5, 0.6) is 0 Å². The Balaban J connectivity index is 2.16. The average Bonchev–Trinajstić information content (AvgIpc) is 2.78. The monoisotopic (exact) mass is 378 g/mol. The molecule has 5 heteroatoms. The third kappa shape index (κ3) is 2.97. The van der Waals surface area contributed by atoms with Gasteiger partial charge in [0.2, 0.25) is 0 Å². The van der Waals surface area contributed by atoms with Crippen LogP contribution in [-0.4, -0.2) is 18.0 Å². The van der Waals surface area contributed by atoms with Crippen LogP contribution >= 0.6 is 34.2 Å². The first-order chi connectivity index (χ1) is 8.56. The van der Waals surface area contributed by atoms with Crippen molar-refractivity contribution in [3.05, 3.63) is 32.4 Å². The van der Waals surface area contributed by atoms with Gasteiger partial charge in [-0.15, -0.1) is 0 Å². The summed E-state index contributed by atoms with van der Waals surface area (Å²) >= 11 is 8.27. The highest BCUT2D eigenvalue weighted by molar-refractivity contribution is 14.1. The van der Waals surface area contributed by atoms with Crippen molar-refractivity contribution in [2.45, 2.75) is 31.2 Å². The maximum Gasteiger partial charge on any atom is 0.253 e. The molecule has 1 aromatic rings. The van der Waals surface area contributed by atoms with Crippen LogP contribution in [0, 0.1) is 3.57 Å². The summed E-state index contributed by atoms with van der Waals surface area (Å²) in [5.74, 6) is -0.122. The molecule has 0 aliphatic heterocycles. The molecule has 0 atom stereocenters. The summed E-state index contributed by atoms with van der Waals surface area (Å²) in [4.78, 5) is 12.2. The van der Waals surface area contributed by atoms with E-state index in [1.807, 2.05) is 6.07 Å². The van der Waals surface area contributed by atoms with Gasteiger partial charge in [-0.1, -0.05) is 24.4 Å². The number of nitrogens with one attached hydrogen (secondary N) is 1. The zero-order valence-electron chi connectivity index (χ0n) is 10.0. The maximum absolute atomic E-state index is 12.2. The molecule has 18 heavy (non-hydrogen) atoms. The van der Waals surface area contributed by atoms with E-state index in [-0.39, 0.29) is 11.4 Å². The van der Waals surface area contributed by atoms with Crippen molar-refractivity contribution in [2.24, 2.45) is 5.73 Å². The van der Waals surface area contributed by atoms with Crippen LogP contribution in [0.3, 0.4) is 0 Å². The lowest BCUT2D eigenvalue weighted by atomic mass is 9.97. The molecule has 1 amide bonds. The van der Waals surface area contributed by atoms with Crippen LogP contribution in [0.4, 0.5) is 0 Å². The molecular formula is C13H16ClIN2O. The fourth-order valence-electron chi connectivity index (χ4n) is 2.41. The summed E-state index contributed by atoms with van der Waals surface area (Å²) in [6.45, 7) is 0.487. The van der Waals surface area contributed by atoms with Gasteiger partial charge in [0.25, 0.3) is 5.91 Å². The summed E-state index contributed by atoms with van der Waals surface area (Å²) < 4.78 is 1.02. The van der Waals surface area contributed by atoms with Crippen molar-refractivity contribution >= 4 is 40.1 Å². The first-order valence-electron chi connectivity index (χ1n) is 6.04. The number of halogens is 2. The van der Waals surface area contributed by atoms with Crippen LogP contribution in [0.2, 0.25) is 5.02 Å². The lowest BCUT2D eigenvalue weighted by Gasteiger charge is -2.28. The SMILES string of the molecule is NCC1(NC(=O)c2ccc(I)cc2Cl)CCCC1. The van der Waals surface area contributed by atoms with Crippen molar-refractivity contribution < 1.29 is 4.79 Å². The fraction of sp³-hybridized carbons (Fsp3) is 0.462. The van der Waals surface area contributed by atoms with E-state index in [0.29, 0.717) is 17.1 Å². The predicted molar refractivity (Wildman–Crippen MR) is 81.9 cm³/mol. The third-order valence-electron chi connectivity index (χ3n) is 3.51. The molecule has 0 bridgehead atoms. The first kappa shape index (κ1) is 14.1. The minimum absolute atomic E-state index is 0.122. The zero-order valence-corrected chi connectivity index (χ0v) is 12.9. The maximum atomic E-state index is 12.2. The second kappa shape index (κ2) is 5.75. The van der Waals surface area contributed by atoms with Gasteiger partial charge in [0.15, 0.2) is 0 Å². The van der Waals surface area contributed by atoms with Gasteiger partial charge in [-0.2, -0.15) is 0 Å². The van der Waals surface area contributed by atoms with Gasteiger partial charge in [-0.3, -0.25) is 4.79 Å². The second-order valence-corrected chi connectivity index (χ2v) is 6.42. The number of rotatable bonds is 3. The summed E-state index contributed by atoms with van der Waals surface area (Å²) in [6.07, 6.45) is 4.16. The Morgan fingerprint density at radius 2 is 2.11 bits per heavy atom. The third-order valence-corrected chi connectivity index (χ3v) is 4.49. The van der Waals surface area contributed by atoms with Gasteiger partial charge < -0.3 is 11.1 Å². The van der Waals surface area contributed by atoms with Crippen molar-refractivity contribution in [1.82, 2.24) is 5.32 Å². The number of carbonyl (C=O) groups is 1. The highest BCUT2D eigenvalue weighted by Crippen LogP contribution is 2.29. The first-order valence-corrected chi connectivity index (χ1v) is 7.50. The predicted octanol–water partition coefficient (Wildman–Crippen LogP) is 2.95. The lowest BCUT2D eigenvalue weighted by molar-refractivity contribution is 0.0903. The van der Waals surface area contributed by atoms with Gasteiger partial charge in [0.1, 0.15) is 0 Å². The molecule has 1 saturated carbocycles. The van der Waals surface area contributed by atoms with Gasteiger partial charge >= 0.3 is 0 Å². The lowest BCUT2D eigenvalue weighted by Crippen LogP contribution is -2.51. The fourth-order valence-corrected chi connectivity index (χ4v) is 3.36. The Hall–Kier alpha value is -0.330. The molecular weight excluding hydrogens is 363 g/mol. The molecule has 3 N–H and O–H groups in total. The van der Waals surface area contributed by atoms with Gasteiger partial charge in [-0.25, -0.2) is 0 Å². The van der Waals surface area contributed by atoms with Gasteiger partial charge in [0, 0.05) is 10.1 Å². The molecule has 0 aromatic heterocycles. The summed E-state index contributed by atoms with van der Waals surface area (Å²) in [5, 5.41) is 3.56. The summed E-state index contributed by atoms with van der Waals surface area (Å²) in [5.41, 5.74) is 6.10. The molecule has 0 unspecified atom stereocenters. The van der Waals surface area contributed by atoms with Gasteiger partial charge in [0.05, 0.1) is 16.1 Å². The molecule has 1 aliphatic rings. The summed E-state index contributed by atoms with van der Waals surface area (Å²) in [7, 11) is 0. The largest absolute Gasteiger partial charge is 0.345 e. The van der Waals surface area contributed by atoms with E-state index in [1.165, 1.54) is 0 Å². The van der Waals surface area contributed by atoms with Crippen LogP contribution < -0.4 is 11.1 Å². The quantitative estimate of drug-likeness (QED) is 0.795. The molecule has 3 nitrogen and oxygen atoms in total. The Morgan fingerprint density at radius 3 is 2.67 bits per heavy atom. The number of hydrogen-bond donors (Lipinski definition) is 2. The normalized spacial score (nSPS) is 17.7. The van der Waals surface area contributed by atoms with Crippen LogP contribution in [0.1, 0.15) is 36.0 Å². The van der Waals surface area contributed by atoms with E-state index in [4.69, 9.17) is 17.3 Å². The topological polar surface area (TPSA) is 55.1 Å². The van der Waals surface area contributed by atoms with Crippen LogP contribution in [-0.2, 0) is 0 Å². The Bertz CT molecular complexity index is 458. The molecule has 98 valence electrons. The van der Waals surface area contributed by atoms with E-state index in [2.05, 4.69) is 27.9 Å². The van der Waals surface area contributed by atoms with E-state index in [1.54, 1.807) is 12.1 Å². The zero-order chi connectivity index (χ0) is 13.2. The van der Waals surface area contributed by atoms with Crippen molar-refractivity contribution in [3.63, 3.8) is 0 Å². The highest BCUT2D eigenvalue weighted by atomic mass is 127. The molecule has 0 saturated heterocycles. The van der Waals surface area contributed by atoms with E-state index in [9.17, 15) is 4.79 Å². The number of amides is 1. The molecule has 0 heterocycles. The number of carbonyl (C=O) groups excluding carboxylic acids is 1. The number of nitrogens with two attached hydrogens (primary N) is 1. The van der Waals surface area contributed by atoms with E-state index in [0.717, 1.165) is 29.3 Å². The Labute approximate surface area is 126 Å². The van der Waals surface area contributed by atoms with Crippen LogP contribution in [0.25, 0.3) is 0 Å². The molecule has 2 rings (SSSR count). The van der Waals surface area contributed by atoms with Crippen molar-refractivity contribution in [2.75, 3.05) is 6.54 Å². The standard InChI is InChI=1S/C13H16ClIN2O/c14-11-7-9(15)3-4-10(11)12(18)17-13(8-16)5-1-2-6-13/h3-4,7H,1-2,5-6,8,16H2,(H,17,18). The van der Waals surface area contributed by atoms with Crippen LogP contribution in [0.15, 0.2) is 18.2 Å². The van der Waals surface area contributed by atoms with Crippen molar-refractivity contribution in [3.8, 4) is 0 Å². The minimum Gasteiger partial charge on any atom is -0.345 e. The Kier molecular flexibility index (Phi) is 4.50. The minimum atomic E-state index is -0.233. The number of benzene rings is 1. The van der Waals surface area contributed by atoms with Gasteiger partial charge in [-0.05, 0) is 53.6 Å². The second-order valence-electron chi connectivity index (χ2n) is 4.77. The molecule has 1 fully saturated rings. The molecule has 1 aromatic carbocycles. The highest BCUT2D eigenvalue weighted by Gasteiger charge is 2.34. The molecule has 1 aliphatic carbocycles. The van der Waals surface area contributed by atoms with E-state index < -0.39 is 0 Å². The molecule has 0 radical (unpaired) electrons. The Morgan fingerprint density at radius 1 is 1.44 bits per heavy atom. The smallest absolute Gasteiger partial charge is 0.253 e. The number of hydrogen-bond acceptors (Lipinski definition) is 2.